The van der Waals surface area contributed by atoms with Crippen molar-refractivity contribution in [3.05, 3.63) is 28.2 Å². The fourth-order valence-electron chi connectivity index (χ4n) is 1.19. The van der Waals surface area contributed by atoms with Crippen LogP contribution in [0.1, 0.15) is 0 Å². The van der Waals surface area contributed by atoms with Gasteiger partial charge in [-0.25, -0.2) is 4.67 Å². The molecule has 1 aromatic carbocycles. The zero-order valence-electron chi connectivity index (χ0n) is 11.9. The van der Waals surface area contributed by atoms with Gasteiger partial charge in [0.15, 0.2) is 6.61 Å². The topological polar surface area (TPSA) is 64.9 Å². The summed E-state index contributed by atoms with van der Waals surface area (Å²) in [6.45, 7) is -0.230. The number of ether oxygens (including phenoxy) is 2. The van der Waals surface area contributed by atoms with Crippen LogP contribution >= 0.6 is 23.2 Å². The molecular weight excluding hydrogens is 317 g/mol. The molecule has 0 atom stereocenters. The zero-order chi connectivity index (χ0) is 15.8. The van der Waals surface area contributed by atoms with Crippen LogP contribution < -0.4 is 14.7 Å². The normalized spacial score (nSPS) is 9.38. The number of nitrogens with one attached hydrogen (secondary N) is 1. The second kappa shape index (κ2) is 8.42. The van der Waals surface area contributed by atoms with E-state index in [1.165, 1.54) is 19.5 Å². The van der Waals surface area contributed by atoms with Gasteiger partial charge >= 0.3 is 11.9 Å². The van der Waals surface area contributed by atoms with E-state index in [1.807, 2.05) is 0 Å². The molecule has 1 rings (SSSR count). The third kappa shape index (κ3) is 6.40. The summed E-state index contributed by atoms with van der Waals surface area (Å²) in [5.74, 6) is -0.0549. The van der Waals surface area contributed by atoms with E-state index in [1.54, 1.807) is 31.1 Å². The third-order valence-electron chi connectivity index (χ3n) is 2.10. The van der Waals surface area contributed by atoms with Crippen molar-refractivity contribution in [2.45, 2.75) is 0 Å². The molecule has 21 heavy (non-hydrogen) atoms. The molecule has 0 saturated heterocycles. The van der Waals surface area contributed by atoms with Crippen molar-refractivity contribution >= 4 is 41.5 Å². The molecule has 114 valence electrons. The van der Waals surface area contributed by atoms with Crippen LogP contribution in [0.4, 0.5) is 0 Å². The van der Waals surface area contributed by atoms with Crippen LogP contribution in [0.15, 0.2) is 18.2 Å². The molecule has 1 amide bonds. The van der Waals surface area contributed by atoms with Gasteiger partial charge in [-0.2, -0.15) is 5.32 Å². The zero-order valence-corrected chi connectivity index (χ0v) is 13.4. The monoisotopic (exact) mass is 332 g/mol. The number of nitrogens with zero attached hydrogens (tertiary/aromatic N) is 2. The van der Waals surface area contributed by atoms with E-state index in [9.17, 15) is 4.79 Å². The minimum Gasteiger partial charge on any atom is -0.481 e. The second-order valence-electron chi connectivity index (χ2n) is 4.13. The highest BCUT2D eigenvalue weighted by molar-refractivity contribution is 6.35. The highest BCUT2D eigenvalue weighted by atomic mass is 35.5. The Morgan fingerprint density at radius 3 is 2.71 bits per heavy atom. The Kier molecular flexibility index (Phi) is 6.88. The van der Waals surface area contributed by atoms with Gasteiger partial charge in [0.1, 0.15) is 5.75 Å². The van der Waals surface area contributed by atoms with Gasteiger partial charge in [0.25, 0.3) is 6.34 Å². The highest BCUT2D eigenvalue weighted by Crippen LogP contribution is 2.27. The quantitative estimate of drug-likeness (QED) is 0.510. The molecule has 0 saturated carbocycles. The van der Waals surface area contributed by atoms with E-state index in [2.05, 4.69) is 9.98 Å². The van der Waals surface area contributed by atoms with Gasteiger partial charge in [0, 0.05) is 5.02 Å². The lowest BCUT2D eigenvalue weighted by Crippen LogP contribution is -2.37. The summed E-state index contributed by atoms with van der Waals surface area (Å²) < 4.78 is 14.1. The first-order valence-corrected chi connectivity index (χ1v) is 6.67. The number of carbonyl (C=O) groups excluding carboxylic acids is 1. The Morgan fingerprint density at radius 2 is 2.14 bits per heavy atom. The first-order chi connectivity index (χ1) is 9.92. The van der Waals surface area contributed by atoms with Gasteiger partial charge in [-0.15, -0.1) is 0 Å². The van der Waals surface area contributed by atoms with Gasteiger partial charge in [0.05, 0.1) is 26.2 Å². The lowest BCUT2D eigenvalue weighted by Gasteiger charge is -2.06. The number of amides is 1. The molecule has 6 nitrogen and oxygen atoms in total. The molecule has 0 aliphatic rings. The molecule has 0 aliphatic carbocycles. The molecule has 0 aliphatic heterocycles. The molecule has 1 aromatic rings. The number of methoxy groups -OCH3 is 1. The predicted molar refractivity (Wildman–Crippen MR) is 84.0 cm³/mol. The minimum absolute atomic E-state index is 0.0690. The molecule has 0 bridgehead atoms. The fraction of sp³-hybridized carbons (Fsp3) is 0.308. The standard InChI is InChI=1S/C13H15Cl2N3O3/c1-18(2)8-16-13(20-3)17-12(19)7-21-11-5-4-9(14)6-10(11)15/h4-6,8H,7H2,1-3H3/p+1. The van der Waals surface area contributed by atoms with Crippen molar-refractivity contribution < 1.29 is 14.3 Å². The Balaban J connectivity index is 2.59. The van der Waals surface area contributed by atoms with Crippen molar-refractivity contribution in [2.24, 2.45) is 0 Å². The van der Waals surface area contributed by atoms with Crippen LogP contribution in [0, 0.1) is 0 Å². The summed E-state index contributed by atoms with van der Waals surface area (Å²) in [5, 5.41) is 3.28. The van der Waals surface area contributed by atoms with E-state index in [0.29, 0.717) is 15.8 Å². The van der Waals surface area contributed by atoms with Crippen molar-refractivity contribution in [3.63, 3.8) is 0 Å². The molecule has 0 aromatic heterocycles. The Bertz CT molecular complexity index is 570. The molecule has 0 spiro atoms. The van der Waals surface area contributed by atoms with Crippen molar-refractivity contribution in [1.29, 1.82) is 0 Å². The lowest BCUT2D eigenvalue weighted by atomic mass is 10.3. The highest BCUT2D eigenvalue weighted by Gasteiger charge is 2.14. The summed E-state index contributed by atoms with van der Waals surface area (Å²) in [6, 6.07) is 4.81. The van der Waals surface area contributed by atoms with Crippen LogP contribution in [0.2, 0.25) is 10.0 Å². The van der Waals surface area contributed by atoms with Gasteiger partial charge in [0.2, 0.25) is 0 Å². The molecule has 0 fully saturated rings. The minimum atomic E-state index is -0.422. The molecular formula is C13H16Cl2N3O3+. The number of hydrogen-bond acceptors (Lipinski definition) is 3. The number of carbonyl (C=O) groups is 1. The van der Waals surface area contributed by atoms with Crippen LogP contribution in [-0.2, 0) is 9.53 Å². The smallest absolute Gasteiger partial charge is 0.481 e. The number of benzene rings is 1. The molecule has 8 heteroatoms. The average molecular weight is 333 g/mol. The lowest BCUT2D eigenvalue weighted by molar-refractivity contribution is -0.121. The number of halogens is 2. The third-order valence-corrected chi connectivity index (χ3v) is 2.63. The van der Waals surface area contributed by atoms with E-state index in [4.69, 9.17) is 32.7 Å². The second-order valence-corrected chi connectivity index (χ2v) is 4.97. The van der Waals surface area contributed by atoms with Crippen molar-refractivity contribution in [1.82, 2.24) is 14.9 Å². The SMILES string of the molecule is COC(=[N+]=CN(C)C)NC(=O)COc1ccc(Cl)cc1Cl. The Morgan fingerprint density at radius 1 is 1.43 bits per heavy atom. The number of amidine groups is 1. The van der Waals surface area contributed by atoms with Crippen LogP contribution in [0.5, 0.6) is 5.75 Å². The van der Waals surface area contributed by atoms with E-state index >= 15 is 0 Å². The summed E-state index contributed by atoms with van der Waals surface area (Å²) in [6.07, 6.45) is 1.50. The van der Waals surface area contributed by atoms with Crippen LogP contribution in [0.25, 0.3) is 0 Å². The first-order valence-electron chi connectivity index (χ1n) is 5.91. The van der Waals surface area contributed by atoms with Crippen molar-refractivity contribution in [2.75, 3.05) is 27.8 Å². The molecule has 0 heterocycles. The largest absolute Gasteiger partial charge is 0.490 e. The van der Waals surface area contributed by atoms with Gasteiger partial charge in [-0.1, -0.05) is 23.2 Å². The maximum Gasteiger partial charge on any atom is 0.490 e. The Hall–Kier alpha value is -1.88. The predicted octanol–water partition coefficient (Wildman–Crippen LogP) is 1.15. The summed E-state index contributed by atoms with van der Waals surface area (Å²) in [7, 11) is 4.99. The Labute approximate surface area is 133 Å². The van der Waals surface area contributed by atoms with Crippen LogP contribution in [-0.4, -0.2) is 51.0 Å². The maximum atomic E-state index is 11.7. The van der Waals surface area contributed by atoms with Gasteiger partial charge in [-0.05, 0) is 18.2 Å². The first kappa shape index (κ1) is 17.2. The molecule has 0 radical (unpaired) electrons. The van der Waals surface area contributed by atoms with E-state index < -0.39 is 5.91 Å². The van der Waals surface area contributed by atoms with Gasteiger partial charge in [-0.3, -0.25) is 9.69 Å². The average Bonchev–Trinajstić information content (AvgIpc) is 2.42. The number of hydrogen-bond donors (Lipinski definition) is 1. The summed E-state index contributed by atoms with van der Waals surface area (Å²) >= 11 is 11.7. The fourth-order valence-corrected chi connectivity index (χ4v) is 1.66. The summed E-state index contributed by atoms with van der Waals surface area (Å²) in [4.78, 5) is 13.4. The van der Waals surface area contributed by atoms with Crippen LogP contribution in [0.3, 0.4) is 0 Å². The number of rotatable bonds is 4. The maximum absolute atomic E-state index is 11.7. The van der Waals surface area contributed by atoms with Gasteiger partial charge < -0.3 is 9.47 Å². The van der Waals surface area contributed by atoms with E-state index in [-0.39, 0.29) is 12.6 Å². The molecule has 1 N–H and O–H groups in total. The van der Waals surface area contributed by atoms with E-state index in [0.717, 1.165) is 0 Å². The summed E-state index contributed by atoms with van der Waals surface area (Å²) in [5.41, 5.74) is 0. The van der Waals surface area contributed by atoms with Crippen molar-refractivity contribution in [3.8, 4) is 5.75 Å². The molecule has 0 unspecified atom stereocenters.